The molecule has 0 atom stereocenters. The molecule has 0 fully saturated rings. The van der Waals surface area contributed by atoms with Gasteiger partial charge in [0.05, 0.1) is 6.21 Å². The van der Waals surface area contributed by atoms with Gasteiger partial charge in [-0.1, -0.05) is 36.4 Å². The lowest BCUT2D eigenvalue weighted by Gasteiger charge is -2.43. The summed E-state index contributed by atoms with van der Waals surface area (Å²) in [5, 5.41) is 16.6. The van der Waals surface area contributed by atoms with Crippen LogP contribution in [-0.2, 0) is 10.3 Å². The van der Waals surface area contributed by atoms with Gasteiger partial charge in [-0.05, 0) is 70.4 Å². The lowest BCUT2D eigenvalue weighted by molar-refractivity contribution is -0.129. The van der Waals surface area contributed by atoms with Crippen molar-refractivity contribution in [2.24, 2.45) is 10.1 Å². The van der Waals surface area contributed by atoms with Gasteiger partial charge >= 0.3 is 0 Å². The fraction of sp³-hybridized carbons (Fsp3) is 0.306. The molecule has 8 nitrogen and oxygen atoms in total. The Balaban J connectivity index is 1.56. The number of fused-ring (bicyclic) bond motifs is 5. The van der Waals surface area contributed by atoms with Crippen molar-refractivity contribution in [3.05, 3.63) is 95.1 Å². The van der Waals surface area contributed by atoms with Gasteiger partial charge in [0, 0.05) is 72.6 Å². The predicted molar refractivity (Wildman–Crippen MR) is 178 cm³/mol. The minimum atomic E-state index is -1.02. The highest BCUT2D eigenvalue weighted by Crippen LogP contribution is 2.59. The van der Waals surface area contributed by atoms with E-state index in [9.17, 15) is 9.90 Å². The van der Waals surface area contributed by atoms with E-state index in [0.29, 0.717) is 23.6 Å². The van der Waals surface area contributed by atoms with E-state index in [0.717, 1.165) is 66.2 Å². The molecule has 1 spiro atoms. The molecular weight excluding hydrogens is 550 g/mol. The number of nitrogens with zero attached hydrogens (tertiary/aromatic N) is 5. The first-order chi connectivity index (χ1) is 21.5. The molecule has 226 valence electrons. The van der Waals surface area contributed by atoms with Crippen molar-refractivity contribution < 1.29 is 14.6 Å². The smallest absolute Gasteiger partial charge is 0.271 e. The Kier molecular flexibility index (Phi) is 7.99. The summed E-state index contributed by atoms with van der Waals surface area (Å²) < 4.78 is 6.74. The lowest BCUT2D eigenvalue weighted by atomic mass is 9.73. The van der Waals surface area contributed by atoms with E-state index in [2.05, 4.69) is 91.0 Å². The highest BCUT2D eigenvalue weighted by molar-refractivity contribution is 6.17. The van der Waals surface area contributed by atoms with Gasteiger partial charge in [0.1, 0.15) is 28.5 Å². The Labute approximate surface area is 259 Å². The van der Waals surface area contributed by atoms with E-state index in [1.807, 2.05) is 6.07 Å². The Morgan fingerprint density at radius 3 is 2.09 bits per heavy atom. The van der Waals surface area contributed by atoms with Crippen LogP contribution in [-0.4, -0.2) is 54.6 Å². The van der Waals surface area contributed by atoms with E-state index in [1.54, 1.807) is 23.2 Å². The summed E-state index contributed by atoms with van der Waals surface area (Å²) in [4.78, 5) is 23.2. The summed E-state index contributed by atoms with van der Waals surface area (Å²) >= 11 is 0. The van der Waals surface area contributed by atoms with Crippen LogP contribution in [0, 0.1) is 0 Å². The maximum absolute atomic E-state index is 14.3. The van der Waals surface area contributed by atoms with Gasteiger partial charge in [-0.25, -0.2) is 5.01 Å². The molecular formula is C36H39N5O3. The number of phenols is 1. The number of phenolic OH excluding ortho intramolecular Hbond substituents is 1. The molecule has 1 amide bonds. The zero-order chi connectivity index (χ0) is 30.8. The van der Waals surface area contributed by atoms with Crippen LogP contribution < -0.4 is 14.5 Å². The molecule has 6 rings (SSSR count). The quantitative estimate of drug-likeness (QED) is 0.265. The van der Waals surface area contributed by atoms with Crippen LogP contribution in [0.1, 0.15) is 51.7 Å². The molecule has 0 saturated carbocycles. The van der Waals surface area contributed by atoms with Crippen LogP contribution in [0.2, 0.25) is 0 Å². The number of carbonyl (C=O) groups is 1. The van der Waals surface area contributed by atoms with Crippen molar-refractivity contribution in [1.29, 1.82) is 0 Å². The van der Waals surface area contributed by atoms with Crippen LogP contribution in [0.3, 0.4) is 0 Å². The zero-order valence-corrected chi connectivity index (χ0v) is 25.8. The summed E-state index contributed by atoms with van der Waals surface area (Å²) in [7, 11) is 0. The molecule has 0 bridgehead atoms. The molecule has 2 heterocycles. The minimum Gasteiger partial charge on any atom is -0.506 e. The van der Waals surface area contributed by atoms with Crippen molar-refractivity contribution in [3.8, 4) is 17.2 Å². The maximum atomic E-state index is 14.3. The topological polar surface area (TPSA) is 81.0 Å². The number of para-hydroxylation sites is 2. The number of carbonyl (C=O) groups excluding carboxylic acids is 1. The SMILES string of the molecule is CCN(CC)c1ccc2c(c1)Oc1cc(N(CC)CC)ccc1C21C2=C(CCC=C2)C(=O)N1/N=C/C=Nc1ccccc1O. The van der Waals surface area contributed by atoms with E-state index >= 15 is 0 Å². The fourth-order valence-electron chi connectivity index (χ4n) is 6.68. The summed E-state index contributed by atoms with van der Waals surface area (Å²) in [5.41, 5.74) is 4.98. The Hall–Kier alpha value is -4.85. The average Bonchev–Trinajstić information content (AvgIpc) is 3.29. The fourth-order valence-corrected chi connectivity index (χ4v) is 6.68. The third kappa shape index (κ3) is 4.65. The highest BCUT2D eigenvalue weighted by atomic mass is 16.5. The maximum Gasteiger partial charge on any atom is 0.271 e. The third-order valence-electron chi connectivity index (χ3n) is 8.86. The summed E-state index contributed by atoms with van der Waals surface area (Å²) in [5.74, 6) is 1.37. The molecule has 3 aromatic rings. The number of allylic oxidation sites excluding steroid dienone is 1. The van der Waals surface area contributed by atoms with E-state index in [4.69, 9.17) is 9.84 Å². The van der Waals surface area contributed by atoms with Crippen LogP contribution in [0.25, 0.3) is 0 Å². The number of anilines is 2. The average molecular weight is 590 g/mol. The van der Waals surface area contributed by atoms with Gasteiger partial charge in [-0.15, -0.1) is 0 Å². The minimum absolute atomic E-state index is 0.0773. The monoisotopic (exact) mass is 589 g/mol. The number of aliphatic imine (C=N–C) groups is 1. The summed E-state index contributed by atoms with van der Waals surface area (Å²) in [6.07, 6.45) is 8.72. The number of rotatable bonds is 9. The molecule has 0 unspecified atom stereocenters. The van der Waals surface area contributed by atoms with E-state index in [1.165, 1.54) is 12.4 Å². The molecule has 0 radical (unpaired) electrons. The van der Waals surface area contributed by atoms with Crippen molar-refractivity contribution >= 4 is 35.4 Å². The highest BCUT2D eigenvalue weighted by Gasteiger charge is 2.57. The number of benzene rings is 3. The van der Waals surface area contributed by atoms with Crippen molar-refractivity contribution in [2.75, 3.05) is 36.0 Å². The Bertz CT molecular complexity index is 1640. The van der Waals surface area contributed by atoms with Crippen LogP contribution in [0.15, 0.2) is 94.1 Å². The number of hydrogen-bond donors (Lipinski definition) is 1. The second-order valence-electron chi connectivity index (χ2n) is 11.0. The van der Waals surface area contributed by atoms with Crippen LogP contribution >= 0.6 is 0 Å². The molecule has 2 aliphatic heterocycles. The number of ether oxygens (including phenoxy) is 1. The predicted octanol–water partition coefficient (Wildman–Crippen LogP) is 7.31. The Morgan fingerprint density at radius 1 is 0.886 bits per heavy atom. The van der Waals surface area contributed by atoms with Gasteiger partial charge in [-0.2, -0.15) is 5.10 Å². The molecule has 1 N–H and O–H groups in total. The van der Waals surface area contributed by atoms with Gasteiger partial charge in [0.15, 0.2) is 0 Å². The van der Waals surface area contributed by atoms with Crippen LogP contribution in [0.5, 0.6) is 17.2 Å². The molecule has 1 aliphatic carbocycles. The second-order valence-corrected chi connectivity index (χ2v) is 11.0. The number of hydrogen-bond acceptors (Lipinski definition) is 7. The van der Waals surface area contributed by atoms with E-state index < -0.39 is 5.54 Å². The molecule has 0 saturated heterocycles. The molecule has 3 aliphatic rings. The van der Waals surface area contributed by atoms with Gasteiger partial charge in [-0.3, -0.25) is 9.79 Å². The second kappa shape index (κ2) is 12.0. The molecule has 3 aromatic carbocycles. The molecule has 0 aromatic heterocycles. The first kappa shape index (κ1) is 29.2. The standard InChI is InChI=1S/C36H39N5O3/c1-5-39(6-2)25-17-19-29-33(23-25)44-34-24-26(40(7-3)8-4)18-20-30(34)36(29)28-14-10-9-13-27(28)35(43)41(36)38-22-21-37-31-15-11-12-16-32(31)42/h10-12,14-24,42H,5-9,13H2,1-4H3/b37-21?,38-22+. The van der Waals surface area contributed by atoms with Crippen molar-refractivity contribution in [2.45, 2.75) is 46.1 Å². The summed E-state index contributed by atoms with van der Waals surface area (Å²) in [6.45, 7) is 12.0. The van der Waals surface area contributed by atoms with Gasteiger partial charge in [0.25, 0.3) is 5.91 Å². The largest absolute Gasteiger partial charge is 0.506 e. The van der Waals surface area contributed by atoms with Crippen LogP contribution in [0.4, 0.5) is 17.1 Å². The lowest BCUT2D eigenvalue weighted by Crippen LogP contribution is -2.45. The first-order valence-corrected chi connectivity index (χ1v) is 15.5. The van der Waals surface area contributed by atoms with Gasteiger partial charge < -0.3 is 19.6 Å². The molecule has 44 heavy (non-hydrogen) atoms. The first-order valence-electron chi connectivity index (χ1n) is 15.5. The third-order valence-corrected chi connectivity index (χ3v) is 8.86. The number of hydrazone groups is 1. The van der Waals surface area contributed by atoms with Crippen molar-refractivity contribution in [3.63, 3.8) is 0 Å². The molecule has 8 heteroatoms. The van der Waals surface area contributed by atoms with E-state index in [-0.39, 0.29) is 11.7 Å². The number of aromatic hydroxyl groups is 1. The normalized spacial score (nSPS) is 16.5. The number of amides is 1. The summed E-state index contributed by atoms with van der Waals surface area (Å²) in [6, 6.07) is 19.5. The Morgan fingerprint density at radius 2 is 1.50 bits per heavy atom. The van der Waals surface area contributed by atoms with Crippen molar-refractivity contribution in [1.82, 2.24) is 5.01 Å². The zero-order valence-electron chi connectivity index (χ0n) is 25.8. The van der Waals surface area contributed by atoms with Gasteiger partial charge in [0.2, 0.25) is 0 Å².